The van der Waals surface area contributed by atoms with E-state index in [0.717, 1.165) is 22.0 Å². The number of aryl methyl sites for hydroxylation is 1. The Kier molecular flexibility index (Phi) is 5.42. The number of carbonyl (C=O) groups is 1. The van der Waals surface area contributed by atoms with Crippen LogP contribution in [-0.4, -0.2) is 43.5 Å². The van der Waals surface area contributed by atoms with Crippen LogP contribution in [0.2, 0.25) is 0 Å². The number of fused-ring (bicyclic) bond motifs is 3. The highest BCUT2D eigenvalue weighted by molar-refractivity contribution is 6.12. The van der Waals surface area contributed by atoms with Gasteiger partial charge in [0, 0.05) is 30.1 Å². The average molecular weight is 420 g/mol. The van der Waals surface area contributed by atoms with Crippen LogP contribution in [0.15, 0.2) is 42.5 Å². The summed E-state index contributed by atoms with van der Waals surface area (Å²) in [7, 11) is 6.73. The summed E-state index contributed by atoms with van der Waals surface area (Å²) in [4.78, 5) is 17.3. The predicted octanol–water partition coefficient (Wildman–Crippen LogP) is 4.60. The Balaban J connectivity index is 2.17. The third kappa shape index (κ3) is 3.32. The molecule has 2 aromatic carbocycles. The van der Waals surface area contributed by atoms with Crippen molar-refractivity contribution >= 4 is 27.9 Å². The molecule has 0 amide bonds. The summed E-state index contributed by atoms with van der Waals surface area (Å²) in [6.07, 6.45) is 0. The van der Waals surface area contributed by atoms with Crippen LogP contribution in [0.3, 0.4) is 0 Å². The highest BCUT2D eigenvalue weighted by Gasteiger charge is 2.24. The molecule has 7 nitrogen and oxygen atoms in total. The number of hydrogen-bond acceptors (Lipinski definition) is 6. The molecule has 0 aliphatic heterocycles. The summed E-state index contributed by atoms with van der Waals surface area (Å²) >= 11 is 0. The first-order valence-electron chi connectivity index (χ1n) is 9.89. The molecule has 0 spiro atoms. The third-order valence-electron chi connectivity index (χ3n) is 5.32. The van der Waals surface area contributed by atoms with Gasteiger partial charge in [0.25, 0.3) is 0 Å². The van der Waals surface area contributed by atoms with Crippen LogP contribution >= 0.6 is 0 Å². The lowest BCUT2D eigenvalue weighted by Gasteiger charge is -2.17. The second-order valence-electron chi connectivity index (χ2n) is 6.96. The zero-order valence-electron chi connectivity index (χ0n) is 18.2. The molecule has 0 bridgehead atoms. The highest BCUT2D eigenvalue weighted by Crippen LogP contribution is 2.45. The van der Waals surface area contributed by atoms with Gasteiger partial charge in [0.05, 0.1) is 50.0 Å². The molecule has 0 N–H and O–H groups in total. The Hall–Kier alpha value is -3.74. The van der Waals surface area contributed by atoms with Gasteiger partial charge in [-0.2, -0.15) is 0 Å². The maximum absolute atomic E-state index is 12.7. The number of nitrogens with zero attached hydrogens (tertiary/aromatic N) is 2. The Morgan fingerprint density at radius 1 is 1.00 bits per heavy atom. The molecule has 0 aliphatic rings. The fourth-order valence-electron chi connectivity index (χ4n) is 3.92. The normalized spacial score (nSPS) is 11.0. The highest BCUT2D eigenvalue weighted by atomic mass is 16.5. The van der Waals surface area contributed by atoms with E-state index in [2.05, 4.69) is 9.55 Å². The van der Waals surface area contributed by atoms with Crippen LogP contribution in [0.1, 0.15) is 17.4 Å². The maximum Gasteiger partial charge on any atom is 0.356 e. The molecule has 0 aliphatic carbocycles. The van der Waals surface area contributed by atoms with Crippen LogP contribution in [0.4, 0.5) is 0 Å². The molecule has 7 heteroatoms. The van der Waals surface area contributed by atoms with Gasteiger partial charge in [-0.05, 0) is 19.1 Å². The molecule has 4 aromatic rings. The quantitative estimate of drug-likeness (QED) is 0.425. The molecular formula is C24H24N2O5. The first-order valence-corrected chi connectivity index (χ1v) is 9.89. The topological polar surface area (TPSA) is 71.8 Å². The first-order chi connectivity index (χ1) is 15.0. The Morgan fingerprint density at radius 3 is 2.29 bits per heavy atom. The van der Waals surface area contributed by atoms with E-state index in [1.165, 1.54) is 0 Å². The molecule has 4 rings (SSSR count). The largest absolute Gasteiger partial charge is 0.496 e. The third-order valence-corrected chi connectivity index (χ3v) is 5.32. The van der Waals surface area contributed by atoms with Crippen LogP contribution in [0.5, 0.6) is 17.2 Å². The van der Waals surface area contributed by atoms with Crippen LogP contribution in [-0.2, 0) is 11.8 Å². The molecule has 0 saturated carbocycles. The minimum absolute atomic E-state index is 0.223. The minimum atomic E-state index is -0.481. The van der Waals surface area contributed by atoms with Crippen LogP contribution in [0, 0.1) is 0 Å². The number of hydrogen-bond donors (Lipinski definition) is 0. The summed E-state index contributed by atoms with van der Waals surface area (Å²) in [6, 6.07) is 13.2. The van der Waals surface area contributed by atoms with Crippen molar-refractivity contribution in [2.45, 2.75) is 6.92 Å². The summed E-state index contributed by atoms with van der Waals surface area (Å²) in [6.45, 7) is 2.03. The second kappa shape index (κ2) is 8.18. The van der Waals surface area contributed by atoms with Gasteiger partial charge < -0.3 is 23.5 Å². The molecule has 0 atom stereocenters. The van der Waals surface area contributed by atoms with E-state index in [-0.39, 0.29) is 12.3 Å². The molecule has 31 heavy (non-hydrogen) atoms. The molecule has 0 fully saturated rings. The smallest absolute Gasteiger partial charge is 0.356 e. The van der Waals surface area contributed by atoms with Gasteiger partial charge >= 0.3 is 5.97 Å². The molecule has 0 unspecified atom stereocenters. The second-order valence-corrected chi connectivity index (χ2v) is 6.96. The number of benzene rings is 2. The fourth-order valence-corrected chi connectivity index (χ4v) is 3.92. The SMILES string of the molecule is CCOC(=O)c1cc(-c2c(OC)cc(OC)cc2OC)c2c(n1)c1ccccc1n2C. The zero-order chi connectivity index (χ0) is 22.1. The minimum Gasteiger partial charge on any atom is -0.496 e. The number of esters is 1. The van der Waals surface area contributed by atoms with Crippen molar-refractivity contribution in [2.75, 3.05) is 27.9 Å². The van der Waals surface area contributed by atoms with Gasteiger partial charge in [-0.1, -0.05) is 18.2 Å². The van der Waals surface area contributed by atoms with Gasteiger partial charge in [0.1, 0.15) is 22.9 Å². The van der Waals surface area contributed by atoms with Gasteiger partial charge in [0.15, 0.2) is 0 Å². The lowest BCUT2D eigenvalue weighted by Crippen LogP contribution is -2.08. The lowest BCUT2D eigenvalue weighted by molar-refractivity contribution is 0.0520. The van der Waals surface area contributed by atoms with E-state index in [9.17, 15) is 4.79 Å². The van der Waals surface area contributed by atoms with Gasteiger partial charge in [-0.25, -0.2) is 9.78 Å². The summed E-state index contributed by atoms with van der Waals surface area (Å²) < 4.78 is 24.1. The van der Waals surface area contributed by atoms with Crippen molar-refractivity contribution in [2.24, 2.45) is 7.05 Å². The van der Waals surface area contributed by atoms with E-state index < -0.39 is 5.97 Å². The van der Waals surface area contributed by atoms with E-state index in [4.69, 9.17) is 18.9 Å². The Morgan fingerprint density at radius 2 is 1.68 bits per heavy atom. The van der Waals surface area contributed by atoms with E-state index >= 15 is 0 Å². The Labute approximate surface area is 180 Å². The standard InChI is InChI=1S/C24H24N2O5/c1-6-31-24(27)17-13-16(21-19(29-4)11-14(28-3)12-20(21)30-5)23-22(25-17)15-9-7-8-10-18(15)26(23)2/h7-13H,6H2,1-5H3. The van der Waals surface area contributed by atoms with Crippen molar-refractivity contribution in [3.8, 4) is 28.4 Å². The zero-order valence-corrected chi connectivity index (χ0v) is 18.2. The number of rotatable bonds is 6. The number of ether oxygens (including phenoxy) is 4. The molecule has 2 heterocycles. The fraction of sp³-hybridized carbons (Fsp3) is 0.250. The van der Waals surface area contributed by atoms with Crippen molar-refractivity contribution in [3.63, 3.8) is 0 Å². The van der Waals surface area contributed by atoms with Crippen LogP contribution in [0.25, 0.3) is 33.1 Å². The van der Waals surface area contributed by atoms with Crippen molar-refractivity contribution in [3.05, 3.63) is 48.2 Å². The predicted molar refractivity (Wildman–Crippen MR) is 119 cm³/mol. The van der Waals surface area contributed by atoms with E-state index in [0.29, 0.717) is 28.3 Å². The molecule has 2 aromatic heterocycles. The number of para-hydroxylation sites is 1. The molecule has 0 saturated heterocycles. The first kappa shape index (κ1) is 20.5. The van der Waals surface area contributed by atoms with Crippen LogP contribution < -0.4 is 14.2 Å². The molecular weight excluding hydrogens is 396 g/mol. The van der Waals surface area contributed by atoms with E-state index in [1.807, 2.05) is 31.3 Å². The Bertz CT molecular complexity index is 1270. The monoisotopic (exact) mass is 420 g/mol. The van der Waals surface area contributed by atoms with Gasteiger partial charge in [-0.3, -0.25) is 0 Å². The maximum atomic E-state index is 12.7. The number of carbonyl (C=O) groups excluding carboxylic acids is 1. The summed E-state index contributed by atoms with van der Waals surface area (Å²) in [5, 5.41) is 0.943. The lowest BCUT2D eigenvalue weighted by atomic mass is 10.0. The molecule has 0 radical (unpaired) electrons. The van der Waals surface area contributed by atoms with E-state index in [1.54, 1.807) is 46.5 Å². The summed E-state index contributed by atoms with van der Waals surface area (Å²) in [5.41, 5.74) is 4.24. The summed E-state index contributed by atoms with van der Waals surface area (Å²) in [5.74, 6) is 1.24. The number of aromatic nitrogens is 2. The van der Waals surface area contributed by atoms with Crippen molar-refractivity contribution in [1.29, 1.82) is 0 Å². The number of pyridine rings is 1. The average Bonchev–Trinajstić information content (AvgIpc) is 3.10. The number of methoxy groups -OCH3 is 3. The molecule has 160 valence electrons. The van der Waals surface area contributed by atoms with Crippen molar-refractivity contribution < 1.29 is 23.7 Å². The van der Waals surface area contributed by atoms with Gasteiger partial charge in [0.2, 0.25) is 0 Å². The van der Waals surface area contributed by atoms with Gasteiger partial charge in [-0.15, -0.1) is 0 Å². The van der Waals surface area contributed by atoms with Crippen molar-refractivity contribution in [1.82, 2.24) is 9.55 Å².